The Morgan fingerprint density at radius 1 is 0.850 bits per heavy atom. The van der Waals surface area contributed by atoms with E-state index in [1.165, 1.54) is 0 Å². The molecule has 100 valence electrons. The number of para-hydroxylation sites is 1. The standard InChI is InChI=1S/C17H14O3/c18-10-14-13-8-4-5-9-16(13)20-17(15(14)11-19)12-6-2-1-3-7-12/h1-11,14-15,17H. The lowest BCUT2D eigenvalue weighted by Gasteiger charge is -2.34. The normalized spacial score (nSPS) is 24.3. The number of ether oxygens (including phenoxy) is 1. The van der Waals surface area contributed by atoms with Crippen molar-refractivity contribution in [1.29, 1.82) is 0 Å². The summed E-state index contributed by atoms with van der Waals surface area (Å²) in [6.45, 7) is 0. The molecule has 3 rings (SSSR count). The maximum absolute atomic E-state index is 11.5. The van der Waals surface area contributed by atoms with Crippen molar-refractivity contribution in [1.82, 2.24) is 0 Å². The largest absolute Gasteiger partial charge is 0.485 e. The van der Waals surface area contributed by atoms with Crippen LogP contribution in [0.3, 0.4) is 0 Å². The molecule has 0 aromatic heterocycles. The minimum Gasteiger partial charge on any atom is -0.485 e. The molecule has 3 nitrogen and oxygen atoms in total. The topological polar surface area (TPSA) is 43.4 Å². The van der Waals surface area contributed by atoms with Crippen LogP contribution in [0.2, 0.25) is 0 Å². The Kier molecular flexibility index (Phi) is 3.33. The van der Waals surface area contributed by atoms with Gasteiger partial charge in [0.15, 0.2) is 0 Å². The summed E-state index contributed by atoms with van der Waals surface area (Å²) in [6.07, 6.45) is 1.25. The van der Waals surface area contributed by atoms with E-state index in [4.69, 9.17) is 4.74 Å². The van der Waals surface area contributed by atoms with Crippen molar-refractivity contribution >= 4 is 12.6 Å². The second-order valence-corrected chi connectivity index (χ2v) is 4.86. The zero-order valence-corrected chi connectivity index (χ0v) is 10.8. The van der Waals surface area contributed by atoms with Crippen LogP contribution in [0.1, 0.15) is 23.1 Å². The van der Waals surface area contributed by atoms with Gasteiger partial charge in [-0.2, -0.15) is 0 Å². The molecule has 3 atom stereocenters. The Bertz CT molecular complexity index is 621. The van der Waals surface area contributed by atoms with Gasteiger partial charge in [-0.05, 0) is 11.6 Å². The van der Waals surface area contributed by atoms with Gasteiger partial charge in [0.05, 0.1) is 11.8 Å². The van der Waals surface area contributed by atoms with Crippen LogP contribution >= 0.6 is 0 Å². The van der Waals surface area contributed by atoms with Gasteiger partial charge < -0.3 is 14.3 Å². The van der Waals surface area contributed by atoms with Gasteiger partial charge in [0, 0.05) is 5.56 Å². The fourth-order valence-electron chi connectivity index (χ4n) is 2.73. The molecular formula is C17H14O3. The highest BCUT2D eigenvalue weighted by Crippen LogP contribution is 2.44. The summed E-state index contributed by atoms with van der Waals surface area (Å²) in [6, 6.07) is 16.9. The highest BCUT2D eigenvalue weighted by atomic mass is 16.5. The van der Waals surface area contributed by atoms with Crippen LogP contribution in [0.5, 0.6) is 5.75 Å². The molecule has 0 fully saturated rings. The molecule has 0 saturated heterocycles. The summed E-state index contributed by atoms with van der Waals surface area (Å²) in [5.41, 5.74) is 1.69. The molecule has 2 aromatic rings. The van der Waals surface area contributed by atoms with Crippen LogP contribution < -0.4 is 4.74 Å². The summed E-state index contributed by atoms with van der Waals surface area (Å²) in [5.74, 6) is -0.274. The van der Waals surface area contributed by atoms with E-state index < -0.39 is 17.9 Å². The fraction of sp³-hybridized carbons (Fsp3) is 0.176. The lowest BCUT2D eigenvalue weighted by Crippen LogP contribution is -2.31. The summed E-state index contributed by atoms with van der Waals surface area (Å²) in [4.78, 5) is 22.9. The van der Waals surface area contributed by atoms with Crippen molar-refractivity contribution in [2.24, 2.45) is 5.92 Å². The van der Waals surface area contributed by atoms with Crippen molar-refractivity contribution in [3.05, 3.63) is 65.7 Å². The van der Waals surface area contributed by atoms with Gasteiger partial charge in [-0.15, -0.1) is 0 Å². The molecule has 0 radical (unpaired) electrons. The Balaban J connectivity index is 2.09. The number of carbonyl (C=O) groups is 2. The number of carbonyl (C=O) groups excluding carboxylic acids is 2. The lowest BCUT2D eigenvalue weighted by atomic mass is 9.79. The van der Waals surface area contributed by atoms with Crippen LogP contribution in [-0.4, -0.2) is 12.6 Å². The number of benzene rings is 2. The van der Waals surface area contributed by atoms with E-state index in [1.807, 2.05) is 54.6 Å². The smallest absolute Gasteiger partial charge is 0.134 e. The minimum atomic E-state index is -0.496. The number of hydrogen-bond donors (Lipinski definition) is 0. The SMILES string of the molecule is O=CC1c2ccccc2OC(c2ccccc2)C1C=O. The van der Waals surface area contributed by atoms with E-state index >= 15 is 0 Å². The van der Waals surface area contributed by atoms with Crippen LogP contribution in [0.15, 0.2) is 54.6 Å². The van der Waals surface area contributed by atoms with Gasteiger partial charge in [-0.1, -0.05) is 48.5 Å². The molecule has 2 aromatic carbocycles. The average Bonchev–Trinajstić information content (AvgIpc) is 2.53. The van der Waals surface area contributed by atoms with Crippen molar-refractivity contribution in [3.8, 4) is 5.75 Å². The zero-order chi connectivity index (χ0) is 13.9. The van der Waals surface area contributed by atoms with Gasteiger partial charge in [-0.25, -0.2) is 0 Å². The predicted octanol–water partition coefficient (Wildman–Crippen LogP) is 2.92. The molecule has 1 aliphatic rings. The fourth-order valence-corrected chi connectivity index (χ4v) is 2.73. The molecule has 1 heterocycles. The van der Waals surface area contributed by atoms with Crippen molar-refractivity contribution < 1.29 is 14.3 Å². The first-order valence-electron chi connectivity index (χ1n) is 6.56. The van der Waals surface area contributed by atoms with E-state index in [1.54, 1.807) is 0 Å². The van der Waals surface area contributed by atoms with E-state index in [2.05, 4.69) is 0 Å². The monoisotopic (exact) mass is 266 g/mol. The van der Waals surface area contributed by atoms with E-state index in [9.17, 15) is 9.59 Å². The summed E-state index contributed by atoms with van der Waals surface area (Å²) in [5, 5.41) is 0. The van der Waals surface area contributed by atoms with Crippen LogP contribution in [0.4, 0.5) is 0 Å². The molecule has 0 N–H and O–H groups in total. The number of fused-ring (bicyclic) bond motifs is 1. The van der Waals surface area contributed by atoms with Crippen LogP contribution in [0.25, 0.3) is 0 Å². The molecule has 0 spiro atoms. The summed E-state index contributed by atoms with van der Waals surface area (Å²) < 4.78 is 5.96. The average molecular weight is 266 g/mol. The van der Waals surface area contributed by atoms with E-state index in [-0.39, 0.29) is 0 Å². The highest BCUT2D eigenvalue weighted by molar-refractivity contribution is 5.74. The molecule has 0 bridgehead atoms. The summed E-state index contributed by atoms with van der Waals surface area (Å²) in [7, 11) is 0. The van der Waals surface area contributed by atoms with E-state index in [0.29, 0.717) is 5.75 Å². The van der Waals surface area contributed by atoms with Crippen molar-refractivity contribution in [2.75, 3.05) is 0 Å². The predicted molar refractivity (Wildman–Crippen MR) is 74.6 cm³/mol. The molecule has 20 heavy (non-hydrogen) atoms. The maximum atomic E-state index is 11.5. The quantitative estimate of drug-likeness (QED) is 0.802. The maximum Gasteiger partial charge on any atom is 0.134 e. The van der Waals surface area contributed by atoms with Gasteiger partial charge in [0.2, 0.25) is 0 Å². The van der Waals surface area contributed by atoms with E-state index in [0.717, 1.165) is 23.7 Å². The van der Waals surface area contributed by atoms with Crippen LogP contribution in [-0.2, 0) is 9.59 Å². The molecule has 0 saturated carbocycles. The number of rotatable bonds is 3. The Labute approximate surface area is 117 Å². The van der Waals surface area contributed by atoms with Gasteiger partial charge >= 0.3 is 0 Å². The first kappa shape index (κ1) is 12.6. The third-order valence-corrected chi connectivity index (χ3v) is 3.73. The number of hydrogen-bond acceptors (Lipinski definition) is 3. The minimum absolute atomic E-state index is 0.418. The third kappa shape index (κ3) is 2.01. The Hall–Kier alpha value is -2.42. The highest BCUT2D eigenvalue weighted by Gasteiger charge is 2.38. The van der Waals surface area contributed by atoms with Gasteiger partial charge in [0.25, 0.3) is 0 Å². The van der Waals surface area contributed by atoms with Crippen LogP contribution in [0, 0.1) is 5.92 Å². The second kappa shape index (κ2) is 5.29. The lowest BCUT2D eigenvalue weighted by molar-refractivity contribution is -0.121. The van der Waals surface area contributed by atoms with Gasteiger partial charge in [0.1, 0.15) is 24.4 Å². The zero-order valence-electron chi connectivity index (χ0n) is 10.8. The molecule has 0 aliphatic carbocycles. The summed E-state index contributed by atoms with van der Waals surface area (Å²) >= 11 is 0. The molecule has 0 amide bonds. The Morgan fingerprint density at radius 3 is 2.25 bits per heavy atom. The molecule has 1 aliphatic heterocycles. The molecule has 3 unspecified atom stereocenters. The molecule has 3 heteroatoms. The van der Waals surface area contributed by atoms with Crippen molar-refractivity contribution in [2.45, 2.75) is 12.0 Å². The molecular weight excluding hydrogens is 252 g/mol. The second-order valence-electron chi connectivity index (χ2n) is 4.86. The first-order valence-corrected chi connectivity index (χ1v) is 6.56. The number of aldehydes is 2. The third-order valence-electron chi connectivity index (χ3n) is 3.73. The first-order chi connectivity index (χ1) is 9.85. The Morgan fingerprint density at radius 2 is 1.55 bits per heavy atom. The van der Waals surface area contributed by atoms with Gasteiger partial charge in [-0.3, -0.25) is 0 Å². The van der Waals surface area contributed by atoms with Crippen molar-refractivity contribution in [3.63, 3.8) is 0 Å².